The number of hydrogen-bond acceptors (Lipinski definition) is 4. The van der Waals surface area contributed by atoms with Gasteiger partial charge in [0.1, 0.15) is 17.1 Å². The maximum absolute atomic E-state index is 11.6. The SMILES string of the molecule is O=C(OCC(Cl)Cl)C(Cl)(Cl)N=Nc1c(Cl)cc(Cl)cc1Cl. The molecule has 0 atom stereocenters. The summed E-state index contributed by atoms with van der Waals surface area (Å²) in [6.07, 6.45) is 0. The number of azo groups is 1. The van der Waals surface area contributed by atoms with Crippen molar-refractivity contribution in [2.45, 2.75) is 9.29 Å². The molecular formula is C10H5Cl7N2O2. The molecule has 0 N–H and O–H groups in total. The summed E-state index contributed by atoms with van der Waals surface area (Å²) in [6.45, 7) is -0.304. The minimum absolute atomic E-state index is 0.0498. The fourth-order valence-electron chi connectivity index (χ4n) is 1.01. The van der Waals surface area contributed by atoms with Gasteiger partial charge in [0.05, 0.1) is 10.0 Å². The van der Waals surface area contributed by atoms with Gasteiger partial charge in [-0.05, 0) is 12.1 Å². The average Bonchev–Trinajstić information content (AvgIpc) is 2.34. The molecule has 116 valence electrons. The molecule has 4 nitrogen and oxygen atoms in total. The molecule has 0 saturated heterocycles. The third-order valence-electron chi connectivity index (χ3n) is 1.84. The van der Waals surface area contributed by atoms with Crippen LogP contribution in [-0.4, -0.2) is 21.9 Å². The van der Waals surface area contributed by atoms with Crippen LogP contribution in [0.2, 0.25) is 15.1 Å². The first-order chi connectivity index (χ1) is 9.63. The predicted octanol–water partition coefficient (Wildman–Crippen LogP) is 6.21. The molecule has 11 heteroatoms. The Morgan fingerprint density at radius 1 is 1.19 bits per heavy atom. The van der Waals surface area contributed by atoms with E-state index in [1.165, 1.54) is 12.1 Å². The van der Waals surface area contributed by atoms with Crippen molar-refractivity contribution in [2.75, 3.05) is 6.61 Å². The van der Waals surface area contributed by atoms with Crippen molar-refractivity contribution < 1.29 is 9.53 Å². The average molecular weight is 433 g/mol. The summed E-state index contributed by atoms with van der Waals surface area (Å²) in [5, 5.41) is 7.60. The molecule has 0 aliphatic heterocycles. The lowest BCUT2D eigenvalue weighted by Crippen LogP contribution is -2.27. The Balaban J connectivity index is 2.90. The third kappa shape index (κ3) is 6.14. The van der Waals surface area contributed by atoms with Crippen LogP contribution in [0, 0.1) is 0 Å². The molecule has 21 heavy (non-hydrogen) atoms. The van der Waals surface area contributed by atoms with Crippen LogP contribution < -0.4 is 0 Å². The van der Waals surface area contributed by atoms with Gasteiger partial charge in [0, 0.05) is 5.02 Å². The lowest BCUT2D eigenvalue weighted by molar-refractivity contribution is -0.144. The molecule has 0 spiro atoms. The number of hydrogen-bond donors (Lipinski definition) is 0. The molecule has 0 aliphatic rings. The lowest BCUT2D eigenvalue weighted by Gasteiger charge is -2.12. The van der Waals surface area contributed by atoms with E-state index in [9.17, 15) is 4.79 Å². The van der Waals surface area contributed by atoms with Crippen molar-refractivity contribution in [3.8, 4) is 0 Å². The largest absolute Gasteiger partial charge is 0.459 e. The van der Waals surface area contributed by atoms with Crippen LogP contribution in [0.3, 0.4) is 0 Å². The Kier molecular flexibility index (Phi) is 7.61. The number of carbonyl (C=O) groups excluding carboxylic acids is 1. The molecule has 1 rings (SSSR count). The molecule has 0 fully saturated rings. The summed E-state index contributed by atoms with van der Waals surface area (Å²) < 4.78 is 2.33. The van der Waals surface area contributed by atoms with E-state index in [1.807, 2.05) is 0 Å². The fraction of sp³-hybridized carbons (Fsp3) is 0.300. The zero-order valence-electron chi connectivity index (χ0n) is 9.80. The van der Waals surface area contributed by atoms with E-state index in [2.05, 4.69) is 15.0 Å². The van der Waals surface area contributed by atoms with E-state index in [4.69, 9.17) is 81.2 Å². The van der Waals surface area contributed by atoms with Gasteiger partial charge in [-0.2, -0.15) is 0 Å². The maximum atomic E-state index is 11.6. The smallest absolute Gasteiger partial charge is 0.367 e. The van der Waals surface area contributed by atoms with Gasteiger partial charge in [-0.25, -0.2) is 4.79 Å². The van der Waals surface area contributed by atoms with Crippen LogP contribution in [0.15, 0.2) is 22.4 Å². The second kappa shape index (κ2) is 8.25. The summed E-state index contributed by atoms with van der Waals surface area (Å²) in [4.78, 5) is 10.6. The molecule has 0 heterocycles. The van der Waals surface area contributed by atoms with Crippen molar-refractivity contribution in [1.29, 1.82) is 0 Å². The Labute approximate surface area is 155 Å². The van der Waals surface area contributed by atoms with Crippen molar-refractivity contribution in [1.82, 2.24) is 0 Å². The Hall–Kier alpha value is 0.320. The normalized spacial score (nSPS) is 12.2. The van der Waals surface area contributed by atoms with Crippen molar-refractivity contribution in [2.24, 2.45) is 10.2 Å². The fourth-order valence-corrected chi connectivity index (χ4v) is 2.21. The van der Waals surface area contributed by atoms with Gasteiger partial charge < -0.3 is 4.74 Å². The summed E-state index contributed by atoms with van der Waals surface area (Å²) in [6, 6.07) is 2.77. The molecular weight excluding hydrogens is 428 g/mol. The highest BCUT2D eigenvalue weighted by molar-refractivity contribution is 6.57. The number of ether oxygens (including phenoxy) is 1. The quantitative estimate of drug-likeness (QED) is 0.240. The van der Waals surface area contributed by atoms with Crippen molar-refractivity contribution in [3.63, 3.8) is 0 Å². The monoisotopic (exact) mass is 430 g/mol. The highest BCUT2D eigenvalue weighted by Gasteiger charge is 2.36. The molecule has 0 bridgehead atoms. The van der Waals surface area contributed by atoms with E-state index in [0.717, 1.165) is 0 Å². The number of carbonyl (C=O) groups is 1. The lowest BCUT2D eigenvalue weighted by atomic mass is 10.3. The zero-order valence-corrected chi connectivity index (χ0v) is 15.1. The number of halogens is 7. The molecule has 0 unspecified atom stereocenters. The first-order valence-corrected chi connectivity index (χ1v) is 7.80. The van der Waals surface area contributed by atoms with E-state index < -0.39 is 15.3 Å². The second-order valence-electron chi connectivity index (χ2n) is 3.45. The molecule has 1 aromatic carbocycles. The minimum atomic E-state index is -2.30. The van der Waals surface area contributed by atoms with Gasteiger partial charge in [0.15, 0.2) is 0 Å². The molecule has 0 amide bonds. The number of benzene rings is 1. The predicted molar refractivity (Wildman–Crippen MR) is 86.9 cm³/mol. The number of rotatable bonds is 5. The molecule has 1 aromatic rings. The van der Waals surface area contributed by atoms with Gasteiger partial charge in [-0.3, -0.25) is 0 Å². The highest BCUT2D eigenvalue weighted by atomic mass is 35.5. The minimum Gasteiger partial charge on any atom is -0.459 e. The second-order valence-corrected chi connectivity index (χ2v) is 7.26. The van der Waals surface area contributed by atoms with E-state index in [1.54, 1.807) is 0 Å². The van der Waals surface area contributed by atoms with E-state index in [0.29, 0.717) is 5.02 Å². The highest BCUT2D eigenvalue weighted by Crippen LogP contribution is 2.37. The van der Waals surface area contributed by atoms with Crippen molar-refractivity contribution >= 4 is 92.9 Å². The molecule has 0 aromatic heterocycles. The van der Waals surface area contributed by atoms with Crippen molar-refractivity contribution in [3.05, 3.63) is 27.2 Å². The molecule has 0 saturated carbocycles. The van der Waals surface area contributed by atoms with Crippen LogP contribution in [0.1, 0.15) is 0 Å². The topological polar surface area (TPSA) is 51.0 Å². The summed E-state index contributed by atoms with van der Waals surface area (Å²) >= 11 is 39.7. The van der Waals surface area contributed by atoms with Crippen LogP contribution in [0.25, 0.3) is 0 Å². The van der Waals surface area contributed by atoms with Gasteiger partial charge >= 0.3 is 10.4 Å². The number of esters is 1. The first-order valence-electron chi connectivity index (χ1n) is 5.04. The first kappa shape index (κ1) is 19.4. The van der Waals surface area contributed by atoms with Crippen LogP contribution in [0.4, 0.5) is 5.69 Å². The van der Waals surface area contributed by atoms with Crippen LogP contribution in [0.5, 0.6) is 0 Å². The maximum Gasteiger partial charge on any atom is 0.367 e. The Morgan fingerprint density at radius 2 is 1.71 bits per heavy atom. The van der Waals surface area contributed by atoms with Crippen LogP contribution in [-0.2, 0) is 9.53 Å². The van der Waals surface area contributed by atoms with E-state index in [-0.39, 0.29) is 22.3 Å². The third-order valence-corrected chi connectivity index (χ3v) is 3.35. The zero-order chi connectivity index (χ0) is 16.2. The van der Waals surface area contributed by atoms with E-state index >= 15 is 0 Å². The number of nitrogens with zero attached hydrogens (tertiary/aromatic N) is 2. The van der Waals surface area contributed by atoms with Gasteiger partial charge in [0.25, 0.3) is 0 Å². The molecule has 0 aliphatic carbocycles. The van der Waals surface area contributed by atoms with Gasteiger partial charge in [0.2, 0.25) is 0 Å². The summed E-state index contributed by atoms with van der Waals surface area (Å²) in [5.41, 5.74) is 0.0498. The van der Waals surface area contributed by atoms with Crippen LogP contribution >= 0.6 is 81.2 Å². The van der Waals surface area contributed by atoms with Gasteiger partial charge in [-0.1, -0.05) is 58.0 Å². The van der Waals surface area contributed by atoms with Gasteiger partial charge in [-0.15, -0.1) is 33.4 Å². The molecule has 0 radical (unpaired) electrons. The summed E-state index contributed by atoms with van der Waals surface area (Å²) in [7, 11) is 0. The number of alkyl halides is 4. The standard InChI is InChI=1S/C10H5Cl7N2O2/c11-4-1-5(12)8(6(13)2-4)18-19-10(16,17)9(20)21-3-7(14)15/h1-2,7H,3H2. The summed E-state index contributed by atoms with van der Waals surface area (Å²) in [5.74, 6) is -1.10. The Morgan fingerprint density at radius 3 is 2.19 bits per heavy atom. The Bertz CT molecular complexity index is 539.